The number of nitrogens with zero attached hydrogens (tertiary/aromatic N) is 5. The molecular weight excluding hydrogens is 720 g/mol. The van der Waals surface area contributed by atoms with E-state index in [2.05, 4.69) is 10.4 Å². The van der Waals surface area contributed by atoms with Crippen molar-refractivity contribution in [1.29, 1.82) is 0 Å². The molecule has 2 aromatic heterocycles. The lowest BCUT2D eigenvalue weighted by molar-refractivity contribution is -0.139. The Balaban J connectivity index is 1.51. The van der Waals surface area contributed by atoms with Gasteiger partial charge in [0.15, 0.2) is 5.82 Å². The minimum atomic E-state index is -4.77. The molecule has 2 amide bonds. The van der Waals surface area contributed by atoms with Crippen LogP contribution in [0.15, 0.2) is 69.9 Å². The van der Waals surface area contributed by atoms with Crippen molar-refractivity contribution < 1.29 is 37.3 Å². The van der Waals surface area contributed by atoms with Crippen LogP contribution in [0, 0.1) is 5.92 Å². The minimum Gasteiger partial charge on any atom is -0.507 e. The van der Waals surface area contributed by atoms with Crippen molar-refractivity contribution >= 4 is 40.8 Å². The fraction of sp³-hybridized carbons (Fsp3) is 0.303. The molecule has 0 bridgehead atoms. The van der Waals surface area contributed by atoms with Crippen LogP contribution in [-0.4, -0.2) is 55.1 Å². The van der Waals surface area contributed by atoms with Gasteiger partial charge in [-0.15, -0.1) is 0 Å². The van der Waals surface area contributed by atoms with Crippen molar-refractivity contribution in [3.8, 4) is 17.2 Å². The normalized spacial score (nSPS) is 22.6. The number of hydrogen-bond acceptors (Lipinski definition) is 9. The summed E-state index contributed by atoms with van der Waals surface area (Å²) in [5, 5.41) is 12.1. The molecule has 4 atom stereocenters. The number of methoxy groups -OCH3 is 2. The number of rotatable bonds is 6. The highest BCUT2D eigenvalue weighted by Crippen LogP contribution is 2.64. The molecule has 2 fully saturated rings. The summed E-state index contributed by atoms with van der Waals surface area (Å²) in [7, 11) is 4.03. The molecule has 2 N–H and O–H groups in total. The van der Waals surface area contributed by atoms with E-state index in [4.69, 9.17) is 32.7 Å². The number of allylic oxidation sites excluding steroid dienone is 2. The van der Waals surface area contributed by atoms with Crippen molar-refractivity contribution in [1.82, 2.24) is 23.9 Å². The number of aromatic hydroxyl groups is 1. The first-order valence-electron chi connectivity index (χ1n) is 15.3. The van der Waals surface area contributed by atoms with Crippen molar-refractivity contribution in [3.63, 3.8) is 0 Å². The maximum atomic E-state index is 15.2. The van der Waals surface area contributed by atoms with Gasteiger partial charge in [-0.2, -0.15) is 18.2 Å². The molecule has 0 spiro atoms. The largest absolute Gasteiger partial charge is 0.507 e. The number of alkyl halides is 3. The monoisotopic (exact) mass is 746 g/mol. The number of nitrogens with one attached hydrogen (secondary N) is 1. The number of imide groups is 1. The number of hydrazine groups is 1. The van der Waals surface area contributed by atoms with Crippen LogP contribution >= 0.6 is 23.2 Å². The van der Waals surface area contributed by atoms with E-state index in [0.29, 0.717) is 27.9 Å². The third-order valence-corrected chi connectivity index (χ3v) is 10.4. The fourth-order valence-corrected chi connectivity index (χ4v) is 7.97. The van der Waals surface area contributed by atoms with Gasteiger partial charge >= 0.3 is 17.6 Å². The van der Waals surface area contributed by atoms with E-state index in [0.717, 1.165) is 4.57 Å². The molecule has 4 aromatic rings. The lowest BCUT2D eigenvalue weighted by Crippen LogP contribution is -2.53. The standard InChI is InChI=1S/C33H27Cl2F3N6O7/c1-41-30(48)42-9-8-19-22(44(42)31(41)49)13-20-28(46)43(40-27-21(35)10-16(14-39-27)33(36,37)38)29(47)32(20,15-4-6-17(34)7-5-15)26(19)25-23(45)11-18(50-2)12-24(25)51-3/h4-8,10-12,14,20,22,26,45H,9,13H2,1-3H3,(H,39,40)/t20-,22+,26+,32+/m0/s1. The Morgan fingerprint density at radius 1 is 1.02 bits per heavy atom. The first-order chi connectivity index (χ1) is 24.1. The molecule has 0 unspecified atom stereocenters. The summed E-state index contributed by atoms with van der Waals surface area (Å²) in [6, 6.07) is 8.58. The van der Waals surface area contributed by atoms with Gasteiger partial charge in [0.1, 0.15) is 17.2 Å². The molecule has 0 radical (unpaired) electrons. The second-order valence-electron chi connectivity index (χ2n) is 12.3. The maximum absolute atomic E-state index is 15.2. The van der Waals surface area contributed by atoms with Crippen molar-refractivity contribution in [3.05, 3.63) is 108 Å². The highest BCUT2D eigenvalue weighted by atomic mass is 35.5. The molecule has 2 aliphatic heterocycles. The van der Waals surface area contributed by atoms with Crippen molar-refractivity contribution in [2.75, 3.05) is 19.6 Å². The Morgan fingerprint density at radius 3 is 2.35 bits per heavy atom. The first kappa shape index (κ1) is 34.2. The molecule has 18 heteroatoms. The Kier molecular flexibility index (Phi) is 8.02. The molecule has 3 aliphatic rings. The average molecular weight is 748 g/mol. The Labute approximate surface area is 296 Å². The maximum Gasteiger partial charge on any atom is 0.417 e. The van der Waals surface area contributed by atoms with E-state index in [9.17, 15) is 32.7 Å². The number of halogens is 5. The molecule has 51 heavy (non-hydrogen) atoms. The molecule has 1 saturated carbocycles. The average Bonchev–Trinajstić information content (AvgIpc) is 3.45. The number of ether oxygens (including phenoxy) is 2. The number of aromatic nitrogens is 4. The number of phenols is 1. The van der Waals surface area contributed by atoms with E-state index < -0.39 is 69.1 Å². The van der Waals surface area contributed by atoms with Gasteiger partial charge in [-0.25, -0.2) is 28.5 Å². The van der Waals surface area contributed by atoms with Crippen LogP contribution < -0.4 is 26.3 Å². The van der Waals surface area contributed by atoms with Gasteiger partial charge in [-0.05, 0) is 35.8 Å². The van der Waals surface area contributed by atoms with E-state index in [1.54, 1.807) is 18.2 Å². The zero-order chi connectivity index (χ0) is 36.7. The molecule has 266 valence electrons. The molecule has 1 saturated heterocycles. The van der Waals surface area contributed by atoms with Gasteiger partial charge in [-0.1, -0.05) is 41.4 Å². The third-order valence-electron chi connectivity index (χ3n) is 9.85. The van der Waals surface area contributed by atoms with E-state index in [-0.39, 0.29) is 41.3 Å². The summed E-state index contributed by atoms with van der Waals surface area (Å²) in [6.07, 6.45) is -2.78. The third kappa shape index (κ3) is 4.94. The van der Waals surface area contributed by atoms with Gasteiger partial charge < -0.3 is 14.6 Å². The molecule has 1 aliphatic carbocycles. The number of fused-ring (bicyclic) bond motifs is 4. The van der Waals surface area contributed by atoms with Crippen LogP contribution in [0.3, 0.4) is 0 Å². The summed E-state index contributed by atoms with van der Waals surface area (Å²) in [4.78, 5) is 60.3. The lowest BCUT2D eigenvalue weighted by Gasteiger charge is -2.49. The van der Waals surface area contributed by atoms with Crippen LogP contribution in [0.1, 0.15) is 35.1 Å². The molecular formula is C33H27Cl2F3N6O7. The lowest BCUT2D eigenvalue weighted by atomic mass is 9.53. The predicted octanol–water partition coefficient (Wildman–Crippen LogP) is 4.41. The summed E-state index contributed by atoms with van der Waals surface area (Å²) in [5.74, 6) is -4.78. The summed E-state index contributed by atoms with van der Waals surface area (Å²) in [6.45, 7) is -0.0903. The number of carbonyl (C=O) groups excluding carboxylic acids is 2. The second kappa shape index (κ2) is 11.9. The van der Waals surface area contributed by atoms with Crippen molar-refractivity contribution in [2.45, 2.75) is 36.5 Å². The molecule has 13 nitrogen and oxygen atoms in total. The highest BCUT2D eigenvalue weighted by Gasteiger charge is 2.69. The smallest absolute Gasteiger partial charge is 0.417 e. The number of benzene rings is 2. The highest BCUT2D eigenvalue weighted by molar-refractivity contribution is 6.33. The van der Waals surface area contributed by atoms with Crippen LogP contribution in [0.25, 0.3) is 0 Å². The van der Waals surface area contributed by atoms with E-state index >= 15 is 4.79 Å². The van der Waals surface area contributed by atoms with Gasteiger partial charge in [0.25, 0.3) is 11.8 Å². The molecule has 7 rings (SSSR count). The summed E-state index contributed by atoms with van der Waals surface area (Å²) in [5.41, 5.74) is -1.02. The van der Waals surface area contributed by atoms with Crippen LogP contribution in [-0.2, 0) is 34.8 Å². The number of anilines is 1. The predicted molar refractivity (Wildman–Crippen MR) is 176 cm³/mol. The van der Waals surface area contributed by atoms with Gasteiger partial charge in [0.2, 0.25) is 0 Å². The number of pyridine rings is 1. The van der Waals surface area contributed by atoms with E-state index in [1.807, 2.05) is 0 Å². The SMILES string of the molecule is COc1cc(O)c([C@H]2C3=CCn4c(=O)n(C)c(=O)n4[C@@H]3C[C@H]3C(=O)N(Nc4ncc(C(F)(F)F)cc4Cl)C(=O)[C@@]23c2ccc(Cl)cc2)c(OC)c1. The Bertz CT molecular complexity index is 2280. The number of amides is 2. The van der Waals surface area contributed by atoms with Gasteiger partial charge in [0, 0.05) is 41.9 Å². The number of carbonyl (C=O) groups is 2. The van der Waals surface area contributed by atoms with Crippen LogP contribution in [0.2, 0.25) is 10.0 Å². The summed E-state index contributed by atoms with van der Waals surface area (Å²) >= 11 is 12.5. The minimum absolute atomic E-state index is 0.0719. The fourth-order valence-electron chi connectivity index (χ4n) is 7.63. The van der Waals surface area contributed by atoms with Crippen LogP contribution in [0.4, 0.5) is 19.0 Å². The first-order valence-corrected chi connectivity index (χ1v) is 16.1. The Morgan fingerprint density at radius 2 is 1.73 bits per heavy atom. The number of hydrogen-bond donors (Lipinski definition) is 2. The van der Waals surface area contributed by atoms with E-state index in [1.165, 1.54) is 54.9 Å². The quantitative estimate of drug-likeness (QED) is 0.216. The van der Waals surface area contributed by atoms with Crippen molar-refractivity contribution in [2.24, 2.45) is 13.0 Å². The number of phenolic OH excluding ortho intramolecular Hbond substituents is 1. The topological polar surface area (TPSA) is 150 Å². The summed E-state index contributed by atoms with van der Waals surface area (Å²) < 4.78 is 54.7. The molecule has 2 aromatic carbocycles. The van der Waals surface area contributed by atoms with Gasteiger partial charge in [0.05, 0.1) is 48.7 Å². The van der Waals surface area contributed by atoms with Crippen LogP contribution in [0.5, 0.6) is 17.2 Å². The zero-order valence-electron chi connectivity index (χ0n) is 26.9. The zero-order valence-corrected chi connectivity index (χ0v) is 28.4. The Hall–Kier alpha value is -5.22. The second-order valence-corrected chi connectivity index (χ2v) is 13.1. The van der Waals surface area contributed by atoms with Gasteiger partial charge in [-0.3, -0.25) is 15.0 Å². The molecule has 4 heterocycles.